The summed E-state index contributed by atoms with van der Waals surface area (Å²) in [6, 6.07) is 7.49. The number of hydrogen-bond donors (Lipinski definition) is 2. The lowest BCUT2D eigenvalue weighted by molar-refractivity contribution is -0.247. The lowest BCUT2D eigenvalue weighted by atomic mass is 9.32. The number of esters is 1. The number of carboxylic acids is 1. The minimum Gasteiger partial charge on any atom is -0.481 e. The van der Waals surface area contributed by atoms with Gasteiger partial charge in [0.05, 0.1) is 17.4 Å². The van der Waals surface area contributed by atoms with Crippen molar-refractivity contribution in [3.63, 3.8) is 0 Å². The molecule has 5 aliphatic carbocycles. The summed E-state index contributed by atoms with van der Waals surface area (Å²) in [5, 5.41) is 9.60. The number of amides is 1. The Labute approximate surface area is 300 Å². The van der Waals surface area contributed by atoms with Gasteiger partial charge in [0.1, 0.15) is 6.10 Å². The number of ether oxygens (including phenoxy) is 1. The predicted molar refractivity (Wildman–Crippen MR) is 197 cm³/mol. The Morgan fingerprint density at radius 2 is 1.62 bits per heavy atom. The third-order valence-electron chi connectivity index (χ3n) is 16.1. The largest absolute Gasteiger partial charge is 0.481 e. The van der Waals surface area contributed by atoms with Gasteiger partial charge < -0.3 is 15.6 Å². The first-order chi connectivity index (χ1) is 23.2. The van der Waals surface area contributed by atoms with Gasteiger partial charge in [-0.2, -0.15) is 0 Å². The Hall–Kier alpha value is -3.07. The first-order valence-corrected chi connectivity index (χ1v) is 19.2. The fraction of sp³-hybridized carbons (Fsp3) is 0.705. The minimum atomic E-state index is -1.15. The third kappa shape index (κ3) is 5.47. The van der Waals surface area contributed by atoms with Crippen molar-refractivity contribution in [1.29, 1.82) is 0 Å². The summed E-state index contributed by atoms with van der Waals surface area (Å²) in [6.07, 6.45) is 10.6. The standard InChI is InChI=1S/C44H61NO5/c1-27(2)29-17-23-44(22-16-28-12-10-11-13-30(28)37(45)47)25-24-42(8)31(36(29)44)14-15-33-41(7)20-19-34(50-35(46)26-39(3,4)38(48)49)40(5,6)32(41)18-21-43(33,42)9/h10-13,29,31-34,36H,1,14-15,17-21,23-26H2,2-9H3,(H2,45,47)(H,48,49)/t29-,31?,32?,33?,34-,36?,41-,42+,43+,44+/m0/s1. The second-order valence-corrected chi connectivity index (χ2v) is 19.2. The van der Waals surface area contributed by atoms with Crippen molar-refractivity contribution in [2.45, 2.75) is 132 Å². The summed E-state index contributed by atoms with van der Waals surface area (Å²) in [7, 11) is 0. The SMILES string of the molecule is C=C(C)[C@@H]1CC[C@]2(C#Cc3ccccc3C(N)=O)CC[C@]3(C)C(CCC4[C@@]5(C)CC[C@H](OC(=O)CC(C)(C)C(=O)O)C(C)(C)C5CC[C@]43C)C12. The molecule has 5 aliphatic rings. The van der Waals surface area contributed by atoms with Crippen LogP contribution in [0.5, 0.6) is 0 Å². The van der Waals surface area contributed by atoms with E-state index < -0.39 is 23.3 Å². The van der Waals surface area contributed by atoms with Gasteiger partial charge in [0.15, 0.2) is 0 Å². The van der Waals surface area contributed by atoms with Gasteiger partial charge in [0, 0.05) is 16.4 Å². The van der Waals surface area contributed by atoms with Crippen LogP contribution >= 0.6 is 0 Å². The van der Waals surface area contributed by atoms with E-state index in [4.69, 9.17) is 10.5 Å². The van der Waals surface area contributed by atoms with Gasteiger partial charge in [-0.15, -0.1) is 0 Å². The molecule has 4 unspecified atom stereocenters. The van der Waals surface area contributed by atoms with E-state index in [-0.39, 0.29) is 39.6 Å². The topological polar surface area (TPSA) is 107 Å². The lowest BCUT2D eigenvalue weighted by Gasteiger charge is -2.72. The number of hydrogen-bond acceptors (Lipinski definition) is 4. The van der Waals surface area contributed by atoms with Crippen molar-refractivity contribution >= 4 is 17.8 Å². The highest BCUT2D eigenvalue weighted by molar-refractivity contribution is 5.95. The summed E-state index contributed by atoms with van der Waals surface area (Å²) in [4.78, 5) is 37.0. The number of primary amides is 1. The van der Waals surface area contributed by atoms with Gasteiger partial charge in [-0.25, -0.2) is 0 Å². The molecule has 0 aliphatic heterocycles. The fourth-order valence-electron chi connectivity index (χ4n) is 13.2. The number of carboxylic acid groups (broad SMARTS) is 1. The molecule has 5 saturated carbocycles. The van der Waals surface area contributed by atoms with Crippen LogP contribution in [0, 0.1) is 73.9 Å². The highest BCUT2D eigenvalue weighted by atomic mass is 16.5. The maximum atomic E-state index is 13.1. The molecule has 6 rings (SSSR count). The maximum Gasteiger partial charge on any atom is 0.309 e. The first kappa shape index (κ1) is 36.7. The molecule has 0 heterocycles. The van der Waals surface area contributed by atoms with Crippen LogP contribution in [0.15, 0.2) is 36.4 Å². The number of allylic oxidation sites excluding steroid dienone is 1. The molecule has 6 nitrogen and oxygen atoms in total. The van der Waals surface area contributed by atoms with Crippen LogP contribution in [0.1, 0.15) is 142 Å². The maximum absolute atomic E-state index is 13.1. The van der Waals surface area contributed by atoms with Crippen molar-refractivity contribution in [3.8, 4) is 11.8 Å². The summed E-state index contributed by atoms with van der Waals surface area (Å²) in [6.45, 7) is 22.3. The number of carbonyl (C=O) groups excluding carboxylic acids is 2. The lowest BCUT2D eigenvalue weighted by Crippen LogP contribution is -2.66. The second-order valence-electron chi connectivity index (χ2n) is 19.2. The van der Waals surface area contributed by atoms with Crippen LogP contribution in [0.3, 0.4) is 0 Å². The van der Waals surface area contributed by atoms with Crippen molar-refractivity contribution < 1.29 is 24.2 Å². The van der Waals surface area contributed by atoms with E-state index in [1.807, 2.05) is 18.2 Å². The summed E-state index contributed by atoms with van der Waals surface area (Å²) in [5.41, 5.74) is 7.28. The Kier molecular flexibility index (Phi) is 9.01. The highest BCUT2D eigenvalue weighted by Gasteiger charge is 2.71. The van der Waals surface area contributed by atoms with Crippen LogP contribution in [-0.4, -0.2) is 29.1 Å². The van der Waals surface area contributed by atoms with Crippen LogP contribution in [-0.2, 0) is 14.3 Å². The Morgan fingerprint density at radius 3 is 2.28 bits per heavy atom. The molecule has 5 fully saturated rings. The van der Waals surface area contributed by atoms with Crippen molar-refractivity contribution in [1.82, 2.24) is 0 Å². The molecule has 1 aromatic carbocycles. The molecular weight excluding hydrogens is 622 g/mol. The second kappa shape index (κ2) is 12.3. The molecule has 1 aromatic rings. The quantitative estimate of drug-likeness (QED) is 0.177. The van der Waals surface area contributed by atoms with Gasteiger partial charge in [-0.05, 0) is 143 Å². The predicted octanol–water partition coefficient (Wildman–Crippen LogP) is 9.21. The Morgan fingerprint density at radius 1 is 0.920 bits per heavy atom. The molecule has 272 valence electrons. The van der Waals surface area contributed by atoms with E-state index in [9.17, 15) is 19.5 Å². The number of rotatable bonds is 6. The van der Waals surface area contributed by atoms with Gasteiger partial charge in [-0.1, -0.05) is 70.7 Å². The normalized spacial score (nSPS) is 40.1. The average Bonchev–Trinajstić information content (AvgIpc) is 3.42. The molecule has 10 atom stereocenters. The zero-order chi connectivity index (χ0) is 36.7. The van der Waals surface area contributed by atoms with Crippen molar-refractivity contribution in [2.24, 2.45) is 67.8 Å². The summed E-state index contributed by atoms with van der Waals surface area (Å²) >= 11 is 0. The molecule has 0 bridgehead atoms. The van der Waals surface area contributed by atoms with Gasteiger partial charge in [0.2, 0.25) is 5.91 Å². The number of nitrogens with two attached hydrogens (primary N) is 1. The van der Waals surface area contributed by atoms with E-state index in [0.717, 1.165) is 56.9 Å². The monoisotopic (exact) mass is 683 g/mol. The summed E-state index contributed by atoms with van der Waals surface area (Å²) < 4.78 is 6.17. The smallest absolute Gasteiger partial charge is 0.309 e. The number of benzene rings is 1. The Balaban J connectivity index is 1.29. The molecule has 0 radical (unpaired) electrons. The van der Waals surface area contributed by atoms with Gasteiger partial charge in [-0.3, -0.25) is 14.4 Å². The van der Waals surface area contributed by atoms with Crippen LogP contribution in [0.4, 0.5) is 0 Å². The molecule has 0 saturated heterocycles. The van der Waals surface area contributed by atoms with Crippen LogP contribution in [0.2, 0.25) is 0 Å². The molecule has 0 aromatic heterocycles. The van der Waals surface area contributed by atoms with Gasteiger partial charge >= 0.3 is 11.9 Å². The van der Waals surface area contributed by atoms with Crippen molar-refractivity contribution in [2.75, 3.05) is 0 Å². The van der Waals surface area contributed by atoms with Crippen LogP contribution < -0.4 is 5.73 Å². The van der Waals surface area contributed by atoms with Gasteiger partial charge in [0.25, 0.3) is 0 Å². The van der Waals surface area contributed by atoms with E-state index in [1.54, 1.807) is 19.9 Å². The molecule has 50 heavy (non-hydrogen) atoms. The number of carbonyl (C=O) groups is 3. The minimum absolute atomic E-state index is 0.0953. The summed E-state index contributed by atoms with van der Waals surface area (Å²) in [5.74, 6) is 7.98. The zero-order valence-electron chi connectivity index (χ0n) is 31.9. The number of aliphatic carboxylic acids is 1. The Bertz CT molecular complexity index is 1650. The average molecular weight is 684 g/mol. The molecule has 6 heteroatoms. The highest BCUT2D eigenvalue weighted by Crippen LogP contribution is 2.77. The molecule has 0 spiro atoms. The van der Waals surface area contributed by atoms with E-state index >= 15 is 0 Å². The molecule has 3 N–H and O–H groups in total. The van der Waals surface area contributed by atoms with Crippen molar-refractivity contribution in [3.05, 3.63) is 47.5 Å². The molecular formula is C44H61NO5. The third-order valence-corrected chi connectivity index (χ3v) is 16.1. The number of fused-ring (bicyclic) bond motifs is 7. The zero-order valence-corrected chi connectivity index (χ0v) is 31.9. The van der Waals surface area contributed by atoms with E-state index in [2.05, 4.69) is 60.0 Å². The first-order valence-electron chi connectivity index (χ1n) is 19.2. The van der Waals surface area contributed by atoms with Crippen LogP contribution in [0.25, 0.3) is 0 Å². The van der Waals surface area contributed by atoms with E-state index in [0.29, 0.717) is 35.2 Å². The van der Waals surface area contributed by atoms with E-state index in [1.165, 1.54) is 18.4 Å². The fourth-order valence-corrected chi connectivity index (χ4v) is 13.2. The molecule has 1 amide bonds.